The van der Waals surface area contributed by atoms with Crippen LogP contribution in [0.25, 0.3) is 0 Å². The number of carbonyl (C=O) groups is 1. The van der Waals surface area contributed by atoms with Crippen LogP contribution >= 0.6 is 0 Å². The van der Waals surface area contributed by atoms with Crippen molar-refractivity contribution < 1.29 is 4.79 Å². The standard InChI is InChI=1S/C11H23N3O/c1-8(2)14(11(15)9(3)12)10-5-6-13(4)7-10/h8-10H,5-7,12H2,1-4H3. The topological polar surface area (TPSA) is 49.6 Å². The van der Waals surface area contributed by atoms with Crippen molar-refractivity contribution in [2.75, 3.05) is 20.1 Å². The van der Waals surface area contributed by atoms with Crippen LogP contribution in [0.15, 0.2) is 0 Å². The average molecular weight is 213 g/mol. The van der Waals surface area contributed by atoms with Crippen LogP contribution in [0.2, 0.25) is 0 Å². The van der Waals surface area contributed by atoms with E-state index in [0.29, 0.717) is 6.04 Å². The fourth-order valence-electron chi connectivity index (χ4n) is 2.23. The molecule has 0 radical (unpaired) electrons. The van der Waals surface area contributed by atoms with Crippen molar-refractivity contribution in [3.63, 3.8) is 0 Å². The Balaban J connectivity index is 2.70. The van der Waals surface area contributed by atoms with Crippen LogP contribution in [0.5, 0.6) is 0 Å². The summed E-state index contributed by atoms with van der Waals surface area (Å²) >= 11 is 0. The molecule has 88 valence electrons. The van der Waals surface area contributed by atoms with Crippen molar-refractivity contribution in [2.45, 2.75) is 45.3 Å². The second-order valence-corrected chi connectivity index (χ2v) is 4.83. The molecule has 2 unspecified atom stereocenters. The Morgan fingerprint density at radius 2 is 2.07 bits per heavy atom. The highest BCUT2D eigenvalue weighted by Gasteiger charge is 2.31. The minimum absolute atomic E-state index is 0.0744. The van der Waals surface area contributed by atoms with Crippen LogP contribution in [-0.2, 0) is 4.79 Å². The van der Waals surface area contributed by atoms with Crippen LogP contribution in [0.4, 0.5) is 0 Å². The van der Waals surface area contributed by atoms with E-state index in [1.807, 2.05) is 4.90 Å². The Kier molecular flexibility index (Phi) is 4.11. The molecule has 4 heteroatoms. The number of hydrogen-bond acceptors (Lipinski definition) is 3. The highest BCUT2D eigenvalue weighted by molar-refractivity contribution is 5.81. The summed E-state index contributed by atoms with van der Waals surface area (Å²) in [6.45, 7) is 7.91. The minimum atomic E-state index is -0.390. The SMILES string of the molecule is CC(N)C(=O)N(C(C)C)C1CCN(C)C1. The zero-order valence-electron chi connectivity index (χ0n) is 10.2. The Morgan fingerprint density at radius 1 is 1.47 bits per heavy atom. The number of likely N-dealkylation sites (N-methyl/N-ethyl adjacent to an activating group) is 1. The van der Waals surface area contributed by atoms with Crippen LogP contribution in [0.1, 0.15) is 27.2 Å². The summed E-state index contributed by atoms with van der Waals surface area (Å²) in [7, 11) is 2.09. The Morgan fingerprint density at radius 3 is 2.40 bits per heavy atom. The average Bonchev–Trinajstić information content (AvgIpc) is 2.51. The summed E-state index contributed by atoms with van der Waals surface area (Å²) in [5.41, 5.74) is 5.67. The quantitative estimate of drug-likeness (QED) is 0.732. The first kappa shape index (κ1) is 12.5. The molecule has 4 nitrogen and oxygen atoms in total. The van der Waals surface area contributed by atoms with Crippen LogP contribution in [-0.4, -0.2) is 54.0 Å². The first-order valence-electron chi connectivity index (χ1n) is 5.69. The summed E-state index contributed by atoms with van der Waals surface area (Å²) < 4.78 is 0. The zero-order chi connectivity index (χ0) is 11.6. The van der Waals surface area contributed by atoms with E-state index in [1.165, 1.54) is 0 Å². The van der Waals surface area contributed by atoms with E-state index < -0.39 is 6.04 Å². The maximum atomic E-state index is 12.0. The number of amides is 1. The largest absolute Gasteiger partial charge is 0.335 e. The second-order valence-electron chi connectivity index (χ2n) is 4.83. The van der Waals surface area contributed by atoms with Gasteiger partial charge in [-0.2, -0.15) is 0 Å². The molecule has 2 atom stereocenters. The van der Waals surface area contributed by atoms with E-state index in [1.54, 1.807) is 6.92 Å². The predicted molar refractivity (Wildman–Crippen MR) is 61.5 cm³/mol. The molecule has 0 aliphatic carbocycles. The molecule has 0 spiro atoms. The summed E-state index contributed by atoms with van der Waals surface area (Å²) in [4.78, 5) is 16.2. The van der Waals surface area contributed by atoms with Crippen molar-refractivity contribution in [1.29, 1.82) is 0 Å². The third-order valence-corrected chi connectivity index (χ3v) is 2.96. The molecule has 0 aromatic heterocycles. The molecule has 1 saturated heterocycles. The Hall–Kier alpha value is -0.610. The van der Waals surface area contributed by atoms with Gasteiger partial charge in [0, 0.05) is 18.6 Å². The molecule has 1 aliphatic rings. The first-order valence-corrected chi connectivity index (χ1v) is 5.69. The molecular formula is C11H23N3O. The second kappa shape index (κ2) is 4.94. The Bertz CT molecular complexity index is 228. The van der Waals surface area contributed by atoms with E-state index in [4.69, 9.17) is 5.73 Å². The summed E-state index contributed by atoms with van der Waals surface area (Å²) in [5.74, 6) is 0.0744. The van der Waals surface area contributed by atoms with E-state index in [9.17, 15) is 4.79 Å². The molecule has 1 rings (SSSR count). The van der Waals surface area contributed by atoms with Crippen molar-refractivity contribution in [1.82, 2.24) is 9.80 Å². The van der Waals surface area contributed by atoms with E-state index in [0.717, 1.165) is 19.5 Å². The maximum absolute atomic E-state index is 12.0. The van der Waals surface area contributed by atoms with Gasteiger partial charge in [-0.15, -0.1) is 0 Å². The number of carbonyl (C=O) groups excluding carboxylic acids is 1. The lowest BCUT2D eigenvalue weighted by atomic mass is 10.1. The molecule has 15 heavy (non-hydrogen) atoms. The van der Waals surface area contributed by atoms with Gasteiger partial charge in [-0.05, 0) is 40.8 Å². The lowest BCUT2D eigenvalue weighted by Crippen LogP contribution is -2.51. The maximum Gasteiger partial charge on any atom is 0.239 e. The van der Waals surface area contributed by atoms with Crippen LogP contribution < -0.4 is 5.73 Å². The van der Waals surface area contributed by atoms with Gasteiger partial charge in [-0.1, -0.05) is 0 Å². The molecule has 2 N–H and O–H groups in total. The van der Waals surface area contributed by atoms with E-state index in [2.05, 4.69) is 25.8 Å². The lowest BCUT2D eigenvalue weighted by molar-refractivity contribution is -0.136. The number of likely N-dealkylation sites (tertiary alicyclic amines) is 1. The van der Waals surface area contributed by atoms with Gasteiger partial charge in [0.15, 0.2) is 0 Å². The molecule has 0 saturated carbocycles. The minimum Gasteiger partial charge on any atom is -0.335 e. The van der Waals surface area contributed by atoms with Crippen molar-refractivity contribution in [3.8, 4) is 0 Å². The molecule has 0 aromatic carbocycles. The smallest absolute Gasteiger partial charge is 0.239 e. The normalized spacial score (nSPS) is 24.5. The van der Waals surface area contributed by atoms with Gasteiger partial charge in [0.25, 0.3) is 0 Å². The first-order chi connectivity index (χ1) is 6.93. The monoisotopic (exact) mass is 213 g/mol. The molecule has 1 aliphatic heterocycles. The van der Waals surface area contributed by atoms with Crippen molar-refractivity contribution in [2.24, 2.45) is 5.73 Å². The molecular weight excluding hydrogens is 190 g/mol. The third kappa shape index (κ3) is 2.92. The van der Waals surface area contributed by atoms with Gasteiger partial charge in [0.05, 0.1) is 6.04 Å². The van der Waals surface area contributed by atoms with Gasteiger partial charge in [-0.25, -0.2) is 0 Å². The number of nitrogens with two attached hydrogens (primary N) is 1. The highest BCUT2D eigenvalue weighted by atomic mass is 16.2. The predicted octanol–water partition coefficient (Wildman–Crippen LogP) is 0.275. The fraction of sp³-hybridized carbons (Fsp3) is 0.909. The molecule has 1 fully saturated rings. The van der Waals surface area contributed by atoms with Crippen LogP contribution in [0, 0.1) is 0 Å². The number of nitrogens with zero attached hydrogens (tertiary/aromatic N) is 2. The summed E-state index contributed by atoms with van der Waals surface area (Å²) in [5, 5.41) is 0. The van der Waals surface area contributed by atoms with Crippen molar-refractivity contribution in [3.05, 3.63) is 0 Å². The van der Waals surface area contributed by atoms with Gasteiger partial charge < -0.3 is 15.5 Å². The third-order valence-electron chi connectivity index (χ3n) is 2.96. The van der Waals surface area contributed by atoms with Gasteiger partial charge >= 0.3 is 0 Å². The molecule has 1 heterocycles. The van der Waals surface area contributed by atoms with Crippen LogP contribution in [0.3, 0.4) is 0 Å². The fourth-order valence-corrected chi connectivity index (χ4v) is 2.23. The van der Waals surface area contributed by atoms with Crippen molar-refractivity contribution >= 4 is 5.91 Å². The summed E-state index contributed by atoms with van der Waals surface area (Å²) in [6, 6.07) is 0.187. The zero-order valence-corrected chi connectivity index (χ0v) is 10.2. The van der Waals surface area contributed by atoms with Gasteiger partial charge in [0.1, 0.15) is 0 Å². The van der Waals surface area contributed by atoms with Gasteiger partial charge in [-0.3, -0.25) is 4.79 Å². The molecule has 1 amide bonds. The Labute approximate surface area is 92.4 Å². The number of hydrogen-bond donors (Lipinski definition) is 1. The molecule has 0 aromatic rings. The lowest BCUT2D eigenvalue weighted by Gasteiger charge is -2.34. The summed E-state index contributed by atoms with van der Waals surface area (Å²) in [6.07, 6.45) is 1.06. The van der Waals surface area contributed by atoms with Gasteiger partial charge in [0.2, 0.25) is 5.91 Å². The molecule has 0 bridgehead atoms. The van der Waals surface area contributed by atoms with E-state index >= 15 is 0 Å². The van der Waals surface area contributed by atoms with E-state index in [-0.39, 0.29) is 11.9 Å². The highest BCUT2D eigenvalue weighted by Crippen LogP contribution is 2.17. The number of rotatable bonds is 3.